The minimum Gasteiger partial charge on any atom is -0.493 e. The Kier molecular flexibility index (Phi) is 2.76. The standard InChI is InChI=1S/C10H13NOS/c13-7-11-6-8-1-2-10-9(5-8)3-4-12-10/h1-2,5,11,13H,3-4,6-7H2. The Morgan fingerprint density at radius 2 is 2.38 bits per heavy atom. The molecule has 0 unspecified atom stereocenters. The van der Waals surface area contributed by atoms with Crippen molar-refractivity contribution in [2.24, 2.45) is 0 Å². The van der Waals surface area contributed by atoms with Crippen LogP contribution in [0.5, 0.6) is 5.75 Å². The predicted octanol–water partition coefficient (Wildman–Crippen LogP) is 1.60. The summed E-state index contributed by atoms with van der Waals surface area (Å²) in [6, 6.07) is 6.36. The lowest BCUT2D eigenvalue weighted by molar-refractivity contribution is 0.357. The summed E-state index contributed by atoms with van der Waals surface area (Å²) in [5, 5.41) is 3.18. The van der Waals surface area contributed by atoms with Gasteiger partial charge in [-0.1, -0.05) is 12.1 Å². The van der Waals surface area contributed by atoms with E-state index < -0.39 is 0 Å². The molecule has 13 heavy (non-hydrogen) atoms. The second kappa shape index (κ2) is 4.03. The quantitative estimate of drug-likeness (QED) is 0.564. The van der Waals surface area contributed by atoms with Crippen molar-refractivity contribution < 1.29 is 4.74 Å². The van der Waals surface area contributed by atoms with Gasteiger partial charge in [0.2, 0.25) is 0 Å². The number of rotatable bonds is 3. The van der Waals surface area contributed by atoms with Gasteiger partial charge in [0.05, 0.1) is 6.61 Å². The Morgan fingerprint density at radius 3 is 3.23 bits per heavy atom. The van der Waals surface area contributed by atoms with Gasteiger partial charge in [-0.2, -0.15) is 12.6 Å². The highest BCUT2D eigenvalue weighted by molar-refractivity contribution is 7.80. The maximum absolute atomic E-state index is 5.42. The van der Waals surface area contributed by atoms with Crippen LogP contribution in [0.2, 0.25) is 0 Å². The molecule has 1 aromatic carbocycles. The molecule has 70 valence electrons. The highest BCUT2D eigenvalue weighted by Crippen LogP contribution is 2.25. The van der Waals surface area contributed by atoms with Gasteiger partial charge in [0.25, 0.3) is 0 Å². The fourth-order valence-corrected chi connectivity index (χ4v) is 1.66. The Bertz CT molecular complexity index is 301. The number of hydrogen-bond acceptors (Lipinski definition) is 3. The van der Waals surface area contributed by atoms with Crippen LogP contribution in [0.1, 0.15) is 11.1 Å². The molecule has 0 saturated heterocycles. The Hall–Kier alpha value is -0.670. The van der Waals surface area contributed by atoms with Crippen molar-refractivity contribution in [1.82, 2.24) is 5.32 Å². The zero-order valence-corrected chi connectivity index (χ0v) is 8.31. The summed E-state index contributed by atoms with van der Waals surface area (Å²) < 4.78 is 5.42. The van der Waals surface area contributed by atoms with Crippen LogP contribution in [0.15, 0.2) is 18.2 Å². The van der Waals surface area contributed by atoms with E-state index >= 15 is 0 Å². The number of benzene rings is 1. The molecule has 0 aromatic heterocycles. The molecular formula is C10H13NOS. The van der Waals surface area contributed by atoms with Gasteiger partial charge in [0.1, 0.15) is 5.75 Å². The van der Waals surface area contributed by atoms with Gasteiger partial charge < -0.3 is 10.1 Å². The van der Waals surface area contributed by atoms with Crippen molar-refractivity contribution in [2.45, 2.75) is 13.0 Å². The van der Waals surface area contributed by atoms with Crippen LogP contribution in [-0.2, 0) is 13.0 Å². The Balaban J connectivity index is 2.12. The van der Waals surface area contributed by atoms with Gasteiger partial charge in [-0.15, -0.1) is 0 Å². The molecule has 0 saturated carbocycles. The van der Waals surface area contributed by atoms with Crippen molar-refractivity contribution in [3.05, 3.63) is 29.3 Å². The third-order valence-corrected chi connectivity index (χ3v) is 2.42. The van der Waals surface area contributed by atoms with Gasteiger partial charge in [0.15, 0.2) is 0 Å². The first-order valence-corrected chi connectivity index (χ1v) is 5.09. The lowest BCUT2D eigenvalue weighted by Gasteiger charge is -2.03. The van der Waals surface area contributed by atoms with E-state index in [0.29, 0.717) is 5.88 Å². The molecule has 0 aliphatic carbocycles. The first kappa shape index (κ1) is 8.91. The summed E-state index contributed by atoms with van der Waals surface area (Å²) in [6.07, 6.45) is 1.05. The molecule has 2 rings (SSSR count). The average Bonchev–Trinajstić information content (AvgIpc) is 2.61. The van der Waals surface area contributed by atoms with Gasteiger partial charge in [-0.3, -0.25) is 0 Å². The van der Waals surface area contributed by atoms with E-state index in [1.807, 2.05) is 0 Å². The third-order valence-electron chi connectivity index (χ3n) is 2.19. The minimum absolute atomic E-state index is 0.716. The monoisotopic (exact) mass is 195 g/mol. The molecule has 3 heteroatoms. The number of nitrogens with one attached hydrogen (secondary N) is 1. The van der Waals surface area contributed by atoms with Crippen LogP contribution in [0, 0.1) is 0 Å². The molecule has 1 aliphatic heterocycles. The maximum atomic E-state index is 5.42. The predicted molar refractivity (Wildman–Crippen MR) is 56.3 cm³/mol. The van der Waals surface area contributed by atoms with Crippen molar-refractivity contribution in [1.29, 1.82) is 0 Å². The van der Waals surface area contributed by atoms with Crippen LogP contribution in [0.4, 0.5) is 0 Å². The Labute approximate surface area is 83.7 Å². The summed E-state index contributed by atoms with van der Waals surface area (Å²) in [6.45, 7) is 1.72. The van der Waals surface area contributed by atoms with E-state index in [1.54, 1.807) is 0 Å². The largest absolute Gasteiger partial charge is 0.493 e. The molecule has 0 atom stereocenters. The van der Waals surface area contributed by atoms with Gasteiger partial charge >= 0.3 is 0 Å². The Morgan fingerprint density at radius 1 is 1.46 bits per heavy atom. The van der Waals surface area contributed by atoms with Crippen LogP contribution in [0.3, 0.4) is 0 Å². The van der Waals surface area contributed by atoms with Gasteiger partial charge in [-0.25, -0.2) is 0 Å². The van der Waals surface area contributed by atoms with E-state index in [1.165, 1.54) is 11.1 Å². The summed E-state index contributed by atoms with van der Waals surface area (Å²) >= 11 is 4.10. The molecule has 0 fully saturated rings. The summed E-state index contributed by atoms with van der Waals surface area (Å²) in [4.78, 5) is 0. The molecular weight excluding hydrogens is 182 g/mol. The van der Waals surface area contributed by atoms with Crippen LogP contribution in [-0.4, -0.2) is 12.5 Å². The van der Waals surface area contributed by atoms with Crippen molar-refractivity contribution in [3.63, 3.8) is 0 Å². The summed E-state index contributed by atoms with van der Waals surface area (Å²) in [7, 11) is 0. The second-order valence-corrected chi connectivity index (χ2v) is 3.44. The third kappa shape index (κ3) is 1.98. The van der Waals surface area contributed by atoms with E-state index in [0.717, 1.165) is 25.3 Å². The molecule has 0 radical (unpaired) electrons. The molecule has 0 bridgehead atoms. The second-order valence-electron chi connectivity index (χ2n) is 3.13. The van der Waals surface area contributed by atoms with E-state index in [2.05, 4.69) is 36.1 Å². The first-order valence-electron chi connectivity index (χ1n) is 4.46. The lowest BCUT2D eigenvalue weighted by atomic mass is 10.1. The highest BCUT2D eigenvalue weighted by Gasteiger charge is 2.11. The van der Waals surface area contributed by atoms with Crippen molar-refractivity contribution in [2.75, 3.05) is 12.5 Å². The van der Waals surface area contributed by atoms with E-state index in [9.17, 15) is 0 Å². The van der Waals surface area contributed by atoms with Crippen LogP contribution >= 0.6 is 12.6 Å². The molecule has 2 nitrogen and oxygen atoms in total. The lowest BCUT2D eigenvalue weighted by Crippen LogP contribution is -2.10. The van der Waals surface area contributed by atoms with Crippen molar-refractivity contribution in [3.8, 4) is 5.75 Å². The summed E-state index contributed by atoms with van der Waals surface area (Å²) in [5.74, 6) is 1.77. The fraction of sp³-hybridized carbons (Fsp3) is 0.400. The molecule has 1 aliphatic rings. The zero-order valence-electron chi connectivity index (χ0n) is 7.42. The topological polar surface area (TPSA) is 21.3 Å². The smallest absolute Gasteiger partial charge is 0.122 e. The average molecular weight is 195 g/mol. The first-order chi connectivity index (χ1) is 6.40. The number of fused-ring (bicyclic) bond motifs is 1. The maximum Gasteiger partial charge on any atom is 0.122 e. The molecule has 1 aromatic rings. The minimum atomic E-state index is 0.716. The van der Waals surface area contributed by atoms with E-state index in [-0.39, 0.29) is 0 Å². The zero-order chi connectivity index (χ0) is 9.10. The van der Waals surface area contributed by atoms with Gasteiger partial charge in [0, 0.05) is 18.8 Å². The summed E-state index contributed by atoms with van der Waals surface area (Å²) in [5.41, 5.74) is 2.64. The molecule has 0 spiro atoms. The molecule has 1 heterocycles. The molecule has 0 amide bonds. The van der Waals surface area contributed by atoms with E-state index in [4.69, 9.17) is 4.74 Å². The number of hydrogen-bond donors (Lipinski definition) is 2. The van der Waals surface area contributed by atoms with Gasteiger partial charge in [-0.05, 0) is 17.2 Å². The van der Waals surface area contributed by atoms with Crippen LogP contribution < -0.4 is 10.1 Å². The van der Waals surface area contributed by atoms with Crippen molar-refractivity contribution >= 4 is 12.6 Å². The molecule has 1 N–H and O–H groups in total. The SMILES string of the molecule is SCNCc1ccc2c(c1)CCO2. The number of thiol groups is 1. The number of ether oxygens (including phenoxy) is 1. The fourth-order valence-electron chi connectivity index (χ4n) is 1.55. The van der Waals surface area contributed by atoms with Crippen LogP contribution in [0.25, 0.3) is 0 Å². The normalized spacial score (nSPS) is 13.9. The highest BCUT2D eigenvalue weighted by atomic mass is 32.1.